The standard InChI is InChI=1S/C15H20ClNO3S/c1-3-17(11-6-4-5-7-11)15(18)13-10-12(21(2,19)20)8-9-14(13)16/h8-11H,3-7H2,1-2H3. The van der Waals surface area contributed by atoms with E-state index in [4.69, 9.17) is 11.6 Å². The lowest BCUT2D eigenvalue weighted by Gasteiger charge is -2.28. The first-order valence-electron chi connectivity index (χ1n) is 7.15. The van der Waals surface area contributed by atoms with Crippen molar-refractivity contribution < 1.29 is 13.2 Å². The molecule has 0 unspecified atom stereocenters. The van der Waals surface area contributed by atoms with E-state index in [1.54, 1.807) is 4.90 Å². The molecule has 0 aromatic heterocycles. The molecule has 1 saturated carbocycles. The predicted molar refractivity (Wildman–Crippen MR) is 83.5 cm³/mol. The topological polar surface area (TPSA) is 54.5 Å². The number of hydrogen-bond acceptors (Lipinski definition) is 3. The molecule has 21 heavy (non-hydrogen) atoms. The second-order valence-electron chi connectivity index (χ2n) is 5.44. The van der Waals surface area contributed by atoms with Gasteiger partial charge >= 0.3 is 0 Å². The second-order valence-corrected chi connectivity index (χ2v) is 7.87. The number of carbonyl (C=O) groups excluding carboxylic acids is 1. The fourth-order valence-electron chi connectivity index (χ4n) is 2.84. The van der Waals surface area contributed by atoms with Gasteiger partial charge in [-0.15, -0.1) is 0 Å². The Hall–Kier alpha value is -1.07. The lowest BCUT2D eigenvalue weighted by Crippen LogP contribution is -2.38. The number of halogens is 1. The van der Waals surface area contributed by atoms with Crippen molar-refractivity contribution in [3.63, 3.8) is 0 Å². The molecule has 0 aliphatic heterocycles. The van der Waals surface area contributed by atoms with Gasteiger partial charge in [-0.05, 0) is 38.0 Å². The summed E-state index contributed by atoms with van der Waals surface area (Å²) in [5.74, 6) is -0.181. The zero-order chi connectivity index (χ0) is 15.6. The Morgan fingerprint density at radius 3 is 2.48 bits per heavy atom. The summed E-state index contributed by atoms with van der Waals surface area (Å²) in [5.41, 5.74) is 0.272. The van der Waals surface area contributed by atoms with Gasteiger partial charge < -0.3 is 4.90 Å². The van der Waals surface area contributed by atoms with Crippen LogP contribution < -0.4 is 0 Å². The van der Waals surface area contributed by atoms with E-state index in [1.807, 2.05) is 6.92 Å². The molecule has 0 spiro atoms. The average molecular weight is 330 g/mol. The van der Waals surface area contributed by atoms with Crippen molar-refractivity contribution in [1.29, 1.82) is 0 Å². The van der Waals surface area contributed by atoms with Crippen molar-refractivity contribution in [2.24, 2.45) is 0 Å². The molecule has 116 valence electrons. The summed E-state index contributed by atoms with van der Waals surface area (Å²) in [4.78, 5) is 14.6. The number of sulfone groups is 1. The van der Waals surface area contributed by atoms with Gasteiger partial charge in [0, 0.05) is 18.8 Å². The van der Waals surface area contributed by atoms with Gasteiger partial charge in [0.25, 0.3) is 5.91 Å². The summed E-state index contributed by atoms with van der Waals surface area (Å²) in [6.45, 7) is 2.54. The van der Waals surface area contributed by atoms with Crippen molar-refractivity contribution in [3.05, 3.63) is 28.8 Å². The van der Waals surface area contributed by atoms with Crippen LogP contribution in [-0.2, 0) is 9.84 Å². The van der Waals surface area contributed by atoms with Crippen molar-refractivity contribution in [2.45, 2.75) is 43.5 Å². The largest absolute Gasteiger partial charge is 0.336 e. The van der Waals surface area contributed by atoms with Crippen LogP contribution in [0, 0.1) is 0 Å². The maximum Gasteiger partial charge on any atom is 0.255 e. The van der Waals surface area contributed by atoms with Crippen LogP contribution in [0.2, 0.25) is 5.02 Å². The minimum atomic E-state index is -3.36. The van der Waals surface area contributed by atoms with Crippen LogP contribution in [0.25, 0.3) is 0 Å². The highest BCUT2D eigenvalue weighted by molar-refractivity contribution is 7.90. The Kier molecular flexibility index (Phi) is 4.94. The van der Waals surface area contributed by atoms with E-state index >= 15 is 0 Å². The zero-order valence-corrected chi connectivity index (χ0v) is 13.9. The number of nitrogens with zero attached hydrogens (tertiary/aromatic N) is 1. The minimum Gasteiger partial charge on any atom is -0.336 e. The van der Waals surface area contributed by atoms with Crippen LogP contribution in [0.1, 0.15) is 43.0 Å². The third-order valence-corrected chi connectivity index (χ3v) is 5.40. The first-order chi connectivity index (χ1) is 9.84. The van der Waals surface area contributed by atoms with Crippen molar-refractivity contribution in [3.8, 4) is 0 Å². The zero-order valence-electron chi connectivity index (χ0n) is 12.3. The molecule has 0 heterocycles. The second kappa shape index (κ2) is 6.36. The lowest BCUT2D eigenvalue weighted by molar-refractivity contribution is 0.0693. The van der Waals surface area contributed by atoms with Crippen molar-refractivity contribution in [2.75, 3.05) is 12.8 Å². The van der Waals surface area contributed by atoms with E-state index in [9.17, 15) is 13.2 Å². The van der Waals surface area contributed by atoms with Gasteiger partial charge in [-0.1, -0.05) is 24.4 Å². The average Bonchev–Trinajstić information content (AvgIpc) is 2.92. The number of amides is 1. The molecule has 1 aromatic carbocycles. The number of rotatable bonds is 4. The summed E-state index contributed by atoms with van der Waals surface area (Å²) in [7, 11) is -3.36. The Morgan fingerprint density at radius 2 is 1.95 bits per heavy atom. The van der Waals surface area contributed by atoms with E-state index in [0.29, 0.717) is 11.6 Å². The van der Waals surface area contributed by atoms with Crippen LogP contribution in [0.3, 0.4) is 0 Å². The first-order valence-corrected chi connectivity index (χ1v) is 9.42. The summed E-state index contributed by atoms with van der Waals surface area (Å²) < 4.78 is 23.3. The maximum absolute atomic E-state index is 12.7. The number of carbonyl (C=O) groups is 1. The molecule has 1 aromatic rings. The Balaban J connectivity index is 2.37. The highest BCUT2D eigenvalue weighted by Crippen LogP contribution is 2.27. The van der Waals surface area contributed by atoms with Crippen molar-refractivity contribution in [1.82, 2.24) is 4.90 Å². The quantitative estimate of drug-likeness (QED) is 0.852. The summed E-state index contributed by atoms with van der Waals surface area (Å²) in [6, 6.07) is 4.53. The molecule has 0 atom stereocenters. The summed E-state index contributed by atoms with van der Waals surface area (Å²) >= 11 is 6.11. The molecule has 0 bridgehead atoms. The molecule has 2 rings (SSSR count). The van der Waals surface area contributed by atoms with Crippen LogP contribution in [0.4, 0.5) is 0 Å². The molecule has 1 aliphatic rings. The molecule has 6 heteroatoms. The van der Waals surface area contributed by atoms with Gasteiger partial charge in [-0.3, -0.25) is 4.79 Å². The molecule has 1 aliphatic carbocycles. The molecule has 4 nitrogen and oxygen atoms in total. The fraction of sp³-hybridized carbons (Fsp3) is 0.533. The summed E-state index contributed by atoms with van der Waals surface area (Å²) in [5, 5.41) is 0.295. The highest BCUT2D eigenvalue weighted by atomic mass is 35.5. The first kappa shape index (κ1) is 16.3. The molecule has 1 amide bonds. The normalized spacial score (nSPS) is 16.1. The minimum absolute atomic E-state index is 0.123. The monoisotopic (exact) mass is 329 g/mol. The van der Waals surface area contributed by atoms with E-state index in [1.165, 1.54) is 18.2 Å². The summed E-state index contributed by atoms with van der Waals surface area (Å²) in [6.07, 6.45) is 5.39. The van der Waals surface area contributed by atoms with Crippen molar-refractivity contribution >= 4 is 27.3 Å². The maximum atomic E-state index is 12.7. The molecule has 1 fully saturated rings. The number of hydrogen-bond donors (Lipinski definition) is 0. The molecule has 0 radical (unpaired) electrons. The Bertz CT molecular complexity index is 636. The van der Waals surface area contributed by atoms with E-state index in [0.717, 1.165) is 31.9 Å². The predicted octanol–water partition coefficient (Wildman–Crippen LogP) is 3.15. The molecular weight excluding hydrogens is 310 g/mol. The van der Waals surface area contributed by atoms with Crippen LogP contribution in [0.15, 0.2) is 23.1 Å². The lowest BCUT2D eigenvalue weighted by atomic mass is 10.1. The van der Waals surface area contributed by atoms with Crippen LogP contribution in [0.5, 0.6) is 0 Å². The van der Waals surface area contributed by atoms with Gasteiger partial charge in [0.05, 0.1) is 15.5 Å². The Morgan fingerprint density at radius 1 is 1.33 bits per heavy atom. The third kappa shape index (κ3) is 3.58. The smallest absolute Gasteiger partial charge is 0.255 e. The highest BCUT2D eigenvalue weighted by Gasteiger charge is 2.27. The van der Waals surface area contributed by atoms with Gasteiger partial charge in [0.15, 0.2) is 9.84 Å². The molecule has 0 saturated heterocycles. The van der Waals surface area contributed by atoms with E-state index in [-0.39, 0.29) is 22.4 Å². The van der Waals surface area contributed by atoms with Gasteiger partial charge in [0.1, 0.15) is 0 Å². The van der Waals surface area contributed by atoms with E-state index in [2.05, 4.69) is 0 Å². The van der Waals surface area contributed by atoms with Gasteiger partial charge in [-0.2, -0.15) is 0 Å². The number of benzene rings is 1. The molecular formula is C15H20ClNO3S. The van der Waals surface area contributed by atoms with Crippen LogP contribution in [-0.4, -0.2) is 38.1 Å². The van der Waals surface area contributed by atoms with E-state index < -0.39 is 9.84 Å². The van der Waals surface area contributed by atoms with Crippen LogP contribution >= 0.6 is 11.6 Å². The fourth-order valence-corrected chi connectivity index (χ4v) is 3.68. The Labute approximate surface area is 131 Å². The third-order valence-electron chi connectivity index (χ3n) is 3.96. The van der Waals surface area contributed by atoms with Gasteiger partial charge in [-0.25, -0.2) is 8.42 Å². The SMILES string of the molecule is CCN(C(=O)c1cc(S(C)(=O)=O)ccc1Cl)C1CCCC1. The molecule has 0 N–H and O–H groups in total. The van der Waals surface area contributed by atoms with Gasteiger partial charge in [0.2, 0.25) is 0 Å².